The molecule has 0 saturated carbocycles. The van der Waals surface area contributed by atoms with E-state index in [4.69, 9.17) is 11.6 Å². The van der Waals surface area contributed by atoms with Crippen LogP contribution in [-0.2, 0) is 0 Å². The second kappa shape index (κ2) is 6.48. The number of rotatable bonds is 4. The highest BCUT2D eigenvalue weighted by molar-refractivity contribution is 6.21. The molecule has 0 amide bonds. The van der Waals surface area contributed by atoms with Gasteiger partial charge in [0.2, 0.25) is 0 Å². The molecule has 0 aromatic rings. The van der Waals surface area contributed by atoms with Gasteiger partial charge in [0.15, 0.2) is 0 Å². The van der Waals surface area contributed by atoms with Crippen LogP contribution in [0, 0.1) is 5.92 Å². The molecule has 2 atom stereocenters. The predicted octanol–water partition coefficient (Wildman–Crippen LogP) is 3.77. The topological polar surface area (TPSA) is 0 Å². The summed E-state index contributed by atoms with van der Waals surface area (Å²) < 4.78 is 0. The normalized spacial score (nSPS) is 17.8. The molecule has 0 radical (unpaired) electrons. The molecule has 0 aromatic carbocycles. The van der Waals surface area contributed by atoms with Gasteiger partial charge in [0.1, 0.15) is 0 Å². The second-order valence-corrected chi connectivity index (χ2v) is 3.53. The van der Waals surface area contributed by atoms with Gasteiger partial charge in [-0.05, 0) is 26.2 Å². The fourth-order valence-electron chi connectivity index (χ4n) is 0.888. The first-order chi connectivity index (χ1) is 5.16. The summed E-state index contributed by atoms with van der Waals surface area (Å²) in [6.45, 7) is 6.21. The van der Waals surface area contributed by atoms with Crippen molar-refractivity contribution in [2.45, 2.75) is 32.6 Å². The average Bonchev–Trinajstić information content (AvgIpc) is 1.87. The Hall–Kier alpha value is -0.230. The molecule has 0 heterocycles. The van der Waals surface area contributed by atoms with Crippen molar-refractivity contribution in [3.8, 4) is 0 Å². The summed E-state index contributed by atoms with van der Waals surface area (Å²) in [6.07, 6.45) is 9.54. The van der Waals surface area contributed by atoms with Crippen LogP contribution in [0.1, 0.15) is 27.2 Å². The van der Waals surface area contributed by atoms with Gasteiger partial charge in [-0.3, -0.25) is 0 Å². The lowest BCUT2D eigenvalue weighted by atomic mass is 10.1. The first-order valence-corrected chi connectivity index (χ1v) is 4.54. The van der Waals surface area contributed by atoms with E-state index in [2.05, 4.69) is 25.2 Å². The van der Waals surface area contributed by atoms with Crippen LogP contribution in [0.4, 0.5) is 0 Å². The van der Waals surface area contributed by atoms with Gasteiger partial charge in [-0.1, -0.05) is 31.2 Å². The van der Waals surface area contributed by atoms with E-state index in [1.807, 2.05) is 19.9 Å². The van der Waals surface area contributed by atoms with Crippen LogP contribution in [0.3, 0.4) is 0 Å². The molecule has 0 bridgehead atoms. The number of alkyl halides is 1. The van der Waals surface area contributed by atoms with Gasteiger partial charge in [-0.15, -0.1) is 11.6 Å². The lowest BCUT2D eigenvalue weighted by molar-refractivity contribution is 0.741. The van der Waals surface area contributed by atoms with Crippen LogP contribution in [0.25, 0.3) is 0 Å². The smallest absolute Gasteiger partial charge is 0.0487 e. The Bertz CT molecular complexity index is 134. The highest BCUT2D eigenvalue weighted by Gasteiger charge is 1.92. The maximum Gasteiger partial charge on any atom is 0.0487 e. The number of hydrogen-bond acceptors (Lipinski definition) is 0. The molecule has 0 fully saturated rings. The summed E-state index contributed by atoms with van der Waals surface area (Å²) in [4.78, 5) is 0. The van der Waals surface area contributed by atoms with Gasteiger partial charge >= 0.3 is 0 Å². The monoisotopic (exact) mass is 172 g/mol. The Morgan fingerprint density at radius 2 is 1.91 bits per heavy atom. The quantitative estimate of drug-likeness (QED) is 0.448. The zero-order valence-electron chi connectivity index (χ0n) is 7.55. The zero-order valence-corrected chi connectivity index (χ0v) is 8.31. The fourth-order valence-corrected chi connectivity index (χ4v) is 0.991. The van der Waals surface area contributed by atoms with Crippen LogP contribution < -0.4 is 0 Å². The Morgan fingerprint density at radius 1 is 1.27 bits per heavy atom. The van der Waals surface area contributed by atoms with E-state index >= 15 is 0 Å². The molecule has 0 N–H and O–H groups in total. The van der Waals surface area contributed by atoms with Gasteiger partial charge in [0.25, 0.3) is 0 Å². The third kappa shape index (κ3) is 7.67. The minimum atomic E-state index is 0.160. The molecule has 2 unspecified atom stereocenters. The van der Waals surface area contributed by atoms with E-state index in [-0.39, 0.29) is 5.38 Å². The summed E-state index contributed by atoms with van der Waals surface area (Å²) >= 11 is 5.73. The molecule has 0 aliphatic heterocycles. The molecule has 0 aliphatic carbocycles. The molecular formula is C10H17Cl. The van der Waals surface area contributed by atoms with Gasteiger partial charge in [0.05, 0.1) is 0 Å². The minimum Gasteiger partial charge on any atom is -0.119 e. The third-order valence-electron chi connectivity index (χ3n) is 1.43. The predicted molar refractivity (Wildman–Crippen MR) is 53.1 cm³/mol. The van der Waals surface area contributed by atoms with E-state index in [0.717, 1.165) is 6.42 Å². The Morgan fingerprint density at radius 3 is 2.36 bits per heavy atom. The van der Waals surface area contributed by atoms with Crippen LogP contribution in [-0.4, -0.2) is 5.38 Å². The number of hydrogen-bond donors (Lipinski definition) is 0. The Labute approximate surface area is 74.9 Å². The first-order valence-electron chi connectivity index (χ1n) is 4.10. The van der Waals surface area contributed by atoms with E-state index in [1.54, 1.807) is 0 Å². The first kappa shape index (κ1) is 10.8. The van der Waals surface area contributed by atoms with E-state index in [9.17, 15) is 0 Å². The molecule has 64 valence electrons. The maximum absolute atomic E-state index is 5.73. The van der Waals surface area contributed by atoms with Crippen LogP contribution in [0.5, 0.6) is 0 Å². The Balaban J connectivity index is 3.52. The molecule has 0 aromatic heterocycles. The molecule has 0 spiro atoms. The van der Waals surface area contributed by atoms with Crippen LogP contribution >= 0.6 is 11.6 Å². The van der Waals surface area contributed by atoms with Crippen molar-refractivity contribution >= 4 is 11.6 Å². The molecule has 0 aliphatic rings. The van der Waals surface area contributed by atoms with Gasteiger partial charge in [0, 0.05) is 5.38 Å². The van der Waals surface area contributed by atoms with Gasteiger partial charge in [-0.2, -0.15) is 0 Å². The molecule has 0 nitrogen and oxygen atoms in total. The van der Waals surface area contributed by atoms with Crippen molar-refractivity contribution in [3.63, 3.8) is 0 Å². The fraction of sp³-hybridized carbons (Fsp3) is 0.600. The molecule has 1 heteroatoms. The van der Waals surface area contributed by atoms with Crippen molar-refractivity contribution in [1.29, 1.82) is 0 Å². The maximum atomic E-state index is 5.73. The van der Waals surface area contributed by atoms with Crippen molar-refractivity contribution < 1.29 is 0 Å². The molecule has 0 saturated heterocycles. The van der Waals surface area contributed by atoms with Crippen molar-refractivity contribution in [3.05, 3.63) is 24.3 Å². The van der Waals surface area contributed by atoms with Crippen LogP contribution in [0.2, 0.25) is 0 Å². The summed E-state index contributed by atoms with van der Waals surface area (Å²) in [5, 5.41) is 0.160. The van der Waals surface area contributed by atoms with Crippen molar-refractivity contribution in [1.82, 2.24) is 0 Å². The third-order valence-corrected chi connectivity index (χ3v) is 1.58. The van der Waals surface area contributed by atoms with Crippen molar-refractivity contribution in [2.24, 2.45) is 5.92 Å². The lowest BCUT2D eigenvalue weighted by Crippen LogP contribution is -1.87. The van der Waals surface area contributed by atoms with E-state index in [1.165, 1.54) is 0 Å². The Kier molecular flexibility index (Phi) is 6.34. The van der Waals surface area contributed by atoms with Gasteiger partial charge in [-0.25, -0.2) is 0 Å². The van der Waals surface area contributed by atoms with E-state index < -0.39 is 0 Å². The summed E-state index contributed by atoms with van der Waals surface area (Å²) in [5.74, 6) is 0.631. The van der Waals surface area contributed by atoms with Crippen molar-refractivity contribution in [2.75, 3.05) is 0 Å². The lowest BCUT2D eigenvalue weighted by Gasteiger charge is -1.99. The summed E-state index contributed by atoms with van der Waals surface area (Å²) in [7, 11) is 0. The van der Waals surface area contributed by atoms with E-state index in [0.29, 0.717) is 5.92 Å². The molecule has 11 heavy (non-hydrogen) atoms. The highest BCUT2D eigenvalue weighted by atomic mass is 35.5. The molecular weight excluding hydrogens is 156 g/mol. The average molecular weight is 173 g/mol. The zero-order chi connectivity index (χ0) is 8.69. The number of allylic oxidation sites excluding steroid dienone is 4. The SMILES string of the molecule is C/C=C/C(C)C/C=C/C(C)Cl. The standard InChI is InChI=1S/C10H17Cl/c1-4-6-9(2)7-5-8-10(3)11/h4-6,8-10H,7H2,1-3H3/b6-4+,8-5+. The second-order valence-electron chi connectivity index (χ2n) is 2.84. The number of halogens is 1. The minimum absolute atomic E-state index is 0.160. The molecule has 0 rings (SSSR count). The largest absolute Gasteiger partial charge is 0.119 e. The summed E-state index contributed by atoms with van der Waals surface area (Å²) in [5.41, 5.74) is 0. The van der Waals surface area contributed by atoms with Gasteiger partial charge < -0.3 is 0 Å². The summed E-state index contributed by atoms with van der Waals surface area (Å²) in [6, 6.07) is 0. The van der Waals surface area contributed by atoms with Crippen LogP contribution in [0.15, 0.2) is 24.3 Å². The highest BCUT2D eigenvalue weighted by Crippen LogP contribution is 2.05.